The Bertz CT molecular complexity index is 440. The first kappa shape index (κ1) is 9.33. The van der Waals surface area contributed by atoms with Gasteiger partial charge in [0.15, 0.2) is 6.29 Å². The van der Waals surface area contributed by atoms with Crippen molar-refractivity contribution in [1.29, 1.82) is 0 Å². The Hall–Kier alpha value is -2.23. The number of hydrogen-bond acceptors (Lipinski definition) is 4. The van der Waals surface area contributed by atoms with Crippen LogP contribution in [0.25, 0.3) is 0 Å². The van der Waals surface area contributed by atoms with E-state index in [9.17, 15) is 4.79 Å². The summed E-state index contributed by atoms with van der Waals surface area (Å²) in [5.41, 5.74) is 0.426. The molecule has 74 valence electrons. The van der Waals surface area contributed by atoms with Crippen LogP contribution in [0.15, 0.2) is 42.7 Å². The molecule has 1 aromatic heterocycles. The van der Waals surface area contributed by atoms with Crippen LogP contribution in [0.5, 0.6) is 11.8 Å². The molecule has 1 aromatic carbocycles. The van der Waals surface area contributed by atoms with Crippen molar-refractivity contribution in [2.45, 2.75) is 0 Å². The molecule has 1 heterocycles. The summed E-state index contributed by atoms with van der Waals surface area (Å²) in [6, 6.07) is 9.44. The van der Waals surface area contributed by atoms with Crippen LogP contribution in [0.4, 0.5) is 0 Å². The summed E-state index contributed by atoms with van der Waals surface area (Å²) in [6.07, 6.45) is 3.52. The summed E-state index contributed by atoms with van der Waals surface area (Å²) in [4.78, 5) is 18.1. The van der Waals surface area contributed by atoms with E-state index in [1.807, 2.05) is 18.2 Å². The second-order valence-electron chi connectivity index (χ2n) is 2.83. The molecule has 0 saturated carbocycles. The van der Waals surface area contributed by atoms with E-state index in [4.69, 9.17) is 4.74 Å². The topological polar surface area (TPSA) is 52.1 Å². The van der Waals surface area contributed by atoms with Gasteiger partial charge in [0.05, 0.1) is 5.56 Å². The highest BCUT2D eigenvalue weighted by molar-refractivity contribution is 5.73. The van der Waals surface area contributed by atoms with Crippen molar-refractivity contribution in [3.05, 3.63) is 48.3 Å². The highest BCUT2D eigenvalue weighted by atomic mass is 16.5. The van der Waals surface area contributed by atoms with Gasteiger partial charge in [0.25, 0.3) is 0 Å². The van der Waals surface area contributed by atoms with Gasteiger partial charge in [-0.25, -0.2) is 9.97 Å². The number of aldehydes is 1. The SMILES string of the molecule is O=Cc1cnc(Oc2ccccc2)nc1. The predicted molar refractivity (Wildman–Crippen MR) is 53.9 cm³/mol. The van der Waals surface area contributed by atoms with Gasteiger partial charge >= 0.3 is 6.01 Å². The van der Waals surface area contributed by atoms with Crippen LogP contribution in [-0.4, -0.2) is 16.3 Å². The molecule has 2 rings (SSSR count). The maximum Gasteiger partial charge on any atom is 0.321 e. The van der Waals surface area contributed by atoms with Crippen LogP contribution >= 0.6 is 0 Å². The zero-order chi connectivity index (χ0) is 10.5. The molecular weight excluding hydrogens is 192 g/mol. The van der Waals surface area contributed by atoms with Crippen LogP contribution in [0, 0.1) is 0 Å². The average Bonchev–Trinajstić information content (AvgIpc) is 2.31. The highest BCUT2D eigenvalue weighted by Gasteiger charge is 1.99. The molecule has 0 unspecified atom stereocenters. The fourth-order valence-electron chi connectivity index (χ4n) is 1.03. The highest BCUT2D eigenvalue weighted by Crippen LogP contribution is 2.15. The van der Waals surface area contributed by atoms with E-state index >= 15 is 0 Å². The first-order valence-corrected chi connectivity index (χ1v) is 4.38. The molecule has 2 aromatic rings. The van der Waals surface area contributed by atoms with Crippen molar-refractivity contribution in [2.24, 2.45) is 0 Å². The van der Waals surface area contributed by atoms with E-state index in [0.29, 0.717) is 17.6 Å². The Kier molecular flexibility index (Phi) is 2.69. The average molecular weight is 200 g/mol. The maximum atomic E-state index is 10.4. The van der Waals surface area contributed by atoms with Crippen molar-refractivity contribution in [2.75, 3.05) is 0 Å². The number of aromatic nitrogens is 2. The summed E-state index contributed by atoms with van der Waals surface area (Å²) in [5.74, 6) is 0.663. The van der Waals surface area contributed by atoms with Crippen LogP contribution in [0.2, 0.25) is 0 Å². The summed E-state index contributed by atoms with van der Waals surface area (Å²) < 4.78 is 5.34. The van der Waals surface area contributed by atoms with Gasteiger partial charge in [-0.1, -0.05) is 18.2 Å². The van der Waals surface area contributed by atoms with Crippen molar-refractivity contribution in [3.63, 3.8) is 0 Å². The lowest BCUT2D eigenvalue weighted by molar-refractivity contribution is 0.112. The van der Waals surface area contributed by atoms with Gasteiger partial charge in [-0.3, -0.25) is 4.79 Å². The maximum absolute atomic E-state index is 10.4. The zero-order valence-corrected chi connectivity index (χ0v) is 7.83. The number of para-hydroxylation sites is 1. The van der Waals surface area contributed by atoms with E-state index in [1.165, 1.54) is 12.4 Å². The minimum atomic E-state index is 0.229. The number of nitrogens with zero attached hydrogens (tertiary/aromatic N) is 2. The monoisotopic (exact) mass is 200 g/mol. The zero-order valence-electron chi connectivity index (χ0n) is 7.83. The lowest BCUT2D eigenvalue weighted by Gasteiger charge is -2.01. The number of hydrogen-bond donors (Lipinski definition) is 0. The van der Waals surface area contributed by atoms with Gasteiger partial charge < -0.3 is 4.74 Å². The Morgan fingerprint density at radius 1 is 1.07 bits per heavy atom. The number of benzene rings is 1. The fraction of sp³-hybridized carbons (Fsp3) is 0. The first-order valence-electron chi connectivity index (χ1n) is 4.38. The lowest BCUT2D eigenvalue weighted by Crippen LogP contribution is -1.92. The molecule has 0 bridgehead atoms. The quantitative estimate of drug-likeness (QED) is 0.712. The molecule has 0 atom stereocenters. The molecule has 4 nitrogen and oxygen atoms in total. The van der Waals surface area contributed by atoms with Crippen LogP contribution in [0.3, 0.4) is 0 Å². The second kappa shape index (κ2) is 4.32. The van der Waals surface area contributed by atoms with E-state index in [2.05, 4.69) is 9.97 Å². The summed E-state index contributed by atoms with van der Waals surface area (Å²) in [6.45, 7) is 0. The van der Waals surface area contributed by atoms with Crippen molar-refractivity contribution >= 4 is 6.29 Å². The Labute approximate surface area is 86.6 Å². The third kappa shape index (κ3) is 2.37. The van der Waals surface area contributed by atoms with Gasteiger partial charge in [0.1, 0.15) is 5.75 Å². The Morgan fingerprint density at radius 2 is 1.73 bits per heavy atom. The minimum Gasteiger partial charge on any atom is -0.424 e. The first-order chi connectivity index (χ1) is 7.38. The van der Waals surface area contributed by atoms with Gasteiger partial charge in [0, 0.05) is 12.4 Å². The van der Waals surface area contributed by atoms with Crippen LogP contribution in [-0.2, 0) is 0 Å². The third-order valence-electron chi connectivity index (χ3n) is 1.74. The predicted octanol–water partition coefficient (Wildman–Crippen LogP) is 2.08. The molecule has 0 saturated heterocycles. The Morgan fingerprint density at radius 3 is 2.33 bits per heavy atom. The van der Waals surface area contributed by atoms with E-state index in [1.54, 1.807) is 12.1 Å². The second-order valence-corrected chi connectivity index (χ2v) is 2.83. The molecule has 0 N–H and O–H groups in total. The molecular formula is C11H8N2O2. The van der Waals surface area contributed by atoms with Crippen LogP contribution < -0.4 is 4.74 Å². The normalized spacial score (nSPS) is 9.60. The largest absolute Gasteiger partial charge is 0.424 e. The van der Waals surface area contributed by atoms with Gasteiger partial charge in [-0.05, 0) is 12.1 Å². The van der Waals surface area contributed by atoms with Crippen molar-refractivity contribution in [3.8, 4) is 11.8 Å². The molecule has 0 fully saturated rings. The molecule has 0 aliphatic rings. The molecule has 4 heteroatoms. The molecule has 0 radical (unpaired) electrons. The summed E-state index contributed by atoms with van der Waals surface area (Å²) in [7, 11) is 0. The number of ether oxygens (including phenoxy) is 1. The third-order valence-corrected chi connectivity index (χ3v) is 1.74. The number of carbonyl (C=O) groups is 1. The number of carbonyl (C=O) groups excluding carboxylic acids is 1. The fourth-order valence-corrected chi connectivity index (χ4v) is 1.03. The van der Waals surface area contributed by atoms with E-state index < -0.39 is 0 Å². The van der Waals surface area contributed by atoms with Crippen LogP contribution in [0.1, 0.15) is 10.4 Å². The molecule has 15 heavy (non-hydrogen) atoms. The van der Waals surface area contributed by atoms with Gasteiger partial charge in [-0.2, -0.15) is 0 Å². The standard InChI is InChI=1S/C11H8N2O2/c14-8-9-6-12-11(13-7-9)15-10-4-2-1-3-5-10/h1-8H. The lowest BCUT2D eigenvalue weighted by atomic mass is 10.3. The van der Waals surface area contributed by atoms with Crippen molar-refractivity contribution < 1.29 is 9.53 Å². The van der Waals surface area contributed by atoms with Gasteiger partial charge in [0.2, 0.25) is 0 Å². The van der Waals surface area contributed by atoms with Crippen molar-refractivity contribution in [1.82, 2.24) is 9.97 Å². The molecule has 0 aliphatic heterocycles. The number of rotatable bonds is 3. The Balaban J connectivity index is 2.15. The molecule has 0 spiro atoms. The van der Waals surface area contributed by atoms with E-state index in [-0.39, 0.29) is 6.01 Å². The molecule has 0 aliphatic carbocycles. The van der Waals surface area contributed by atoms with Gasteiger partial charge in [-0.15, -0.1) is 0 Å². The van der Waals surface area contributed by atoms with E-state index in [0.717, 1.165) is 0 Å². The summed E-state index contributed by atoms with van der Waals surface area (Å²) >= 11 is 0. The molecule has 0 amide bonds. The summed E-state index contributed by atoms with van der Waals surface area (Å²) in [5, 5.41) is 0. The minimum absolute atomic E-state index is 0.229. The smallest absolute Gasteiger partial charge is 0.321 e.